The molecule has 0 radical (unpaired) electrons. The number of hydrogen-bond acceptors (Lipinski definition) is 3. The Hall–Kier alpha value is -0.130. The van der Waals surface area contributed by atoms with Gasteiger partial charge in [-0.3, -0.25) is 0 Å². The molecule has 1 heterocycles. The zero-order chi connectivity index (χ0) is 10.6. The van der Waals surface area contributed by atoms with Crippen molar-refractivity contribution in [3.63, 3.8) is 0 Å². The van der Waals surface area contributed by atoms with E-state index in [9.17, 15) is 8.42 Å². The third-order valence-electron chi connectivity index (χ3n) is 2.58. The molecular weight excluding hydrogens is 200 g/mol. The summed E-state index contributed by atoms with van der Waals surface area (Å²) in [7, 11) is -3.07. The van der Waals surface area contributed by atoms with Crippen molar-refractivity contribution in [2.75, 3.05) is 13.1 Å². The third-order valence-corrected chi connectivity index (χ3v) is 4.43. The minimum absolute atomic E-state index is 0.334. The largest absolute Gasteiger partial charge is 0.314 e. The normalized spacial score (nSPS) is 23.2. The first kappa shape index (κ1) is 11.9. The first-order valence-electron chi connectivity index (χ1n) is 5.24. The molecule has 1 unspecified atom stereocenters. The monoisotopic (exact) mass is 220 g/mol. The van der Waals surface area contributed by atoms with Crippen molar-refractivity contribution in [3.05, 3.63) is 0 Å². The lowest BCUT2D eigenvalue weighted by atomic mass is 10.2. The van der Waals surface area contributed by atoms with Crippen LogP contribution in [0.1, 0.15) is 33.1 Å². The fraction of sp³-hybridized carbons (Fsp3) is 1.00. The molecule has 0 aromatic heterocycles. The van der Waals surface area contributed by atoms with Gasteiger partial charge in [0, 0.05) is 12.6 Å². The molecule has 84 valence electrons. The van der Waals surface area contributed by atoms with Crippen LogP contribution in [-0.2, 0) is 10.0 Å². The number of rotatable bonds is 5. The highest BCUT2D eigenvalue weighted by molar-refractivity contribution is 7.90. The molecule has 0 aromatic carbocycles. The van der Waals surface area contributed by atoms with Gasteiger partial charge in [-0.05, 0) is 39.7 Å². The van der Waals surface area contributed by atoms with Crippen LogP contribution < -0.4 is 10.0 Å². The summed E-state index contributed by atoms with van der Waals surface area (Å²) in [5, 5.41) is 3.00. The SMILES string of the molecule is CC(C)S(=O)(=O)NCCC1CCCN1. The second kappa shape index (κ2) is 5.09. The zero-order valence-corrected chi connectivity index (χ0v) is 9.73. The number of sulfonamides is 1. The van der Waals surface area contributed by atoms with Crippen LogP contribution in [-0.4, -0.2) is 32.8 Å². The van der Waals surface area contributed by atoms with Gasteiger partial charge in [0.1, 0.15) is 0 Å². The molecule has 0 aromatic rings. The van der Waals surface area contributed by atoms with Crippen LogP contribution in [0.25, 0.3) is 0 Å². The van der Waals surface area contributed by atoms with Gasteiger partial charge in [0.2, 0.25) is 10.0 Å². The molecule has 2 N–H and O–H groups in total. The highest BCUT2D eigenvalue weighted by Gasteiger charge is 2.17. The van der Waals surface area contributed by atoms with Crippen LogP contribution in [0, 0.1) is 0 Å². The molecule has 14 heavy (non-hydrogen) atoms. The van der Waals surface area contributed by atoms with Crippen LogP contribution in [0.15, 0.2) is 0 Å². The van der Waals surface area contributed by atoms with E-state index in [-0.39, 0.29) is 5.25 Å². The molecule has 1 rings (SSSR count). The van der Waals surface area contributed by atoms with Gasteiger partial charge in [0.15, 0.2) is 0 Å². The van der Waals surface area contributed by atoms with E-state index < -0.39 is 10.0 Å². The molecule has 5 heteroatoms. The third kappa shape index (κ3) is 3.55. The maximum Gasteiger partial charge on any atom is 0.213 e. The predicted molar refractivity (Wildman–Crippen MR) is 57.7 cm³/mol. The summed E-state index contributed by atoms with van der Waals surface area (Å²) in [5.74, 6) is 0. The number of nitrogens with one attached hydrogen (secondary N) is 2. The van der Waals surface area contributed by atoms with Crippen LogP contribution in [0.2, 0.25) is 0 Å². The molecule has 1 aliphatic heterocycles. The lowest BCUT2D eigenvalue weighted by Gasteiger charge is -2.12. The van der Waals surface area contributed by atoms with E-state index in [2.05, 4.69) is 10.0 Å². The molecule has 0 saturated carbocycles. The van der Waals surface area contributed by atoms with Crippen molar-refractivity contribution in [2.24, 2.45) is 0 Å². The molecule has 1 atom stereocenters. The van der Waals surface area contributed by atoms with Crippen LogP contribution in [0.3, 0.4) is 0 Å². The smallest absolute Gasteiger partial charge is 0.213 e. The van der Waals surface area contributed by atoms with Crippen LogP contribution in [0.4, 0.5) is 0 Å². The Bertz CT molecular complexity index is 256. The maximum absolute atomic E-state index is 11.4. The van der Waals surface area contributed by atoms with E-state index in [0.717, 1.165) is 13.0 Å². The Morgan fingerprint density at radius 1 is 1.50 bits per heavy atom. The molecule has 0 bridgehead atoms. The van der Waals surface area contributed by atoms with Gasteiger partial charge in [-0.2, -0.15) is 0 Å². The van der Waals surface area contributed by atoms with Gasteiger partial charge in [-0.15, -0.1) is 0 Å². The van der Waals surface area contributed by atoms with E-state index in [1.165, 1.54) is 12.8 Å². The van der Waals surface area contributed by atoms with Crippen molar-refractivity contribution in [2.45, 2.75) is 44.4 Å². The summed E-state index contributed by atoms with van der Waals surface area (Å²) in [6.07, 6.45) is 3.27. The summed E-state index contributed by atoms with van der Waals surface area (Å²) in [5.41, 5.74) is 0. The van der Waals surface area contributed by atoms with E-state index in [1.807, 2.05) is 0 Å². The van der Waals surface area contributed by atoms with E-state index in [0.29, 0.717) is 12.6 Å². The minimum atomic E-state index is -3.07. The van der Waals surface area contributed by atoms with Gasteiger partial charge in [-0.1, -0.05) is 0 Å². The molecule has 0 spiro atoms. The van der Waals surface area contributed by atoms with Gasteiger partial charge >= 0.3 is 0 Å². The lowest BCUT2D eigenvalue weighted by Crippen LogP contribution is -2.34. The number of hydrogen-bond donors (Lipinski definition) is 2. The average Bonchev–Trinajstić information content (AvgIpc) is 2.56. The first-order chi connectivity index (χ1) is 6.52. The Morgan fingerprint density at radius 2 is 2.21 bits per heavy atom. The quantitative estimate of drug-likeness (QED) is 0.707. The van der Waals surface area contributed by atoms with Crippen molar-refractivity contribution >= 4 is 10.0 Å². The Kier molecular flexibility index (Phi) is 4.34. The molecule has 0 aliphatic carbocycles. The fourth-order valence-corrected chi connectivity index (χ4v) is 2.28. The molecule has 1 aliphatic rings. The van der Waals surface area contributed by atoms with Gasteiger partial charge in [0.05, 0.1) is 5.25 Å². The van der Waals surface area contributed by atoms with E-state index in [4.69, 9.17) is 0 Å². The summed E-state index contributed by atoms with van der Waals surface area (Å²) < 4.78 is 25.4. The van der Waals surface area contributed by atoms with Gasteiger partial charge in [-0.25, -0.2) is 13.1 Å². The van der Waals surface area contributed by atoms with Crippen LogP contribution in [0.5, 0.6) is 0 Å². The maximum atomic E-state index is 11.4. The standard InChI is InChI=1S/C9H20N2O2S/c1-8(2)14(12,13)11-7-5-9-4-3-6-10-9/h8-11H,3-7H2,1-2H3. The first-order valence-corrected chi connectivity index (χ1v) is 6.79. The highest BCUT2D eigenvalue weighted by atomic mass is 32.2. The van der Waals surface area contributed by atoms with Crippen molar-refractivity contribution in [1.82, 2.24) is 10.0 Å². The van der Waals surface area contributed by atoms with Crippen molar-refractivity contribution in [3.8, 4) is 0 Å². The van der Waals surface area contributed by atoms with Gasteiger partial charge < -0.3 is 5.32 Å². The second-order valence-corrected chi connectivity index (χ2v) is 6.39. The van der Waals surface area contributed by atoms with Crippen molar-refractivity contribution in [1.29, 1.82) is 0 Å². The summed E-state index contributed by atoms with van der Waals surface area (Å²) in [4.78, 5) is 0. The lowest BCUT2D eigenvalue weighted by molar-refractivity contribution is 0.536. The van der Waals surface area contributed by atoms with E-state index in [1.54, 1.807) is 13.8 Å². The van der Waals surface area contributed by atoms with Crippen LogP contribution >= 0.6 is 0 Å². The summed E-state index contributed by atoms with van der Waals surface area (Å²) >= 11 is 0. The summed E-state index contributed by atoms with van der Waals surface area (Å²) in [6.45, 7) is 5.01. The summed E-state index contributed by atoms with van der Waals surface area (Å²) in [6, 6.07) is 0.505. The average molecular weight is 220 g/mol. The zero-order valence-electron chi connectivity index (χ0n) is 8.91. The Labute approximate surface area is 86.5 Å². The Balaban J connectivity index is 2.20. The molecule has 4 nitrogen and oxygen atoms in total. The second-order valence-electron chi connectivity index (χ2n) is 4.07. The van der Waals surface area contributed by atoms with Gasteiger partial charge in [0.25, 0.3) is 0 Å². The molecular formula is C9H20N2O2S. The fourth-order valence-electron chi connectivity index (χ4n) is 1.55. The van der Waals surface area contributed by atoms with E-state index >= 15 is 0 Å². The Morgan fingerprint density at radius 3 is 2.71 bits per heavy atom. The predicted octanol–water partition coefficient (Wildman–Crippen LogP) is 0.456. The molecule has 1 saturated heterocycles. The highest BCUT2D eigenvalue weighted by Crippen LogP contribution is 2.08. The minimum Gasteiger partial charge on any atom is -0.314 e. The van der Waals surface area contributed by atoms with Crippen molar-refractivity contribution < 1.29 is 8.42 Å². The molecule has 0 amide bonds. The molecule has 1 fully saturated rings. The topological polar surface area (TPSA) is 58.2 Å².